The lowest BCUT2D eigenvalue weighted by Crippen LogP contribution is -2.11. The Bertz CT molecular complexity index is 312. The monoisotopic (exact) mass is 164 g/mol. The Kier molecular flexibility index (Phi) is 2.48. The molecule has 4 heteroatoms. The number of methoxy groups -OCH3 is 1. The van der Waals surface area contributed by atoms with Crippen molar-refractivity contribution in [1.82, 2.24) is 0 Å². The van der Waals surface area contributed by atoms with Crippen molar-refractivity contribution < 1.29 is 13.9 Å². The Labute approximate surface area is 70.8 Å². The van der Waals surface area contributed by atoms with Gasteiger partial charge < -0.3 is 4.74 Å². The maximum absolute atomic E-state index is 12.9. The lowest BCUT2D eigenvalue weighted by atomic mass is 9.93. The van der Waals surface area contributed by atoms with Gasteiger partial charge in [0.1, 0.15) is 19.4 Å². The molecule has 1 aromatic rings. The third-order valence-electron chi connectivity index (χ3n) is 1.50. The lowest BCUT2D eigenvalue weighted by molar-refractivity contribution is 0.111. The molecule has 0 aromatic heterocycles. The van der Waals surface area contributed by atoms with Gasteiger partial charge in [0.05, 0.1) is 12.7 Å². The molecule has 0 fully saturated rings. The van der Waals surface area contributed by atoms with Crippen molar-refractivity contribution in [3.8, 4) is 5.75 Å². The van der Waals surface area contributed by atoms with Gasteiger partial charge in [0.15, 0.2) is 6.29 Å². The molecule has 12 heavy (non-hydrogen) atoms. The van der Waals surface area contributed by atoms with Crippen molar-refractivity contribution in [2.75, 3.05) is 7.11 Å². The van der Waals surface area contributed by atoms with E-state index >= 15 is 0 Å². The molecule has 0 aliphatic carbocycles. The van der Waals surface area contributed by atoms with Crippen LogP contribution in [0.4, 0.5) is 4.39 Å². The van der Waals surface area contributed by atoms with E-state index in [-0.39, 0.29) is 16.8 Å². The van der Waals surface area contributed by atoms with E-state index in [4.69, 9.17) is 12.6 Å². The zero-order valence-corrected chi connectivity index (χ0v) is 6.50. The fourth-order valence-electron chi connectivity index (χ4n) is 0.930. The summed E-state index contributed by atoms with van der Waals surface area (Å²) in [5, 5.41) is 0. The van der Waals surface area contributed by atoms with E-state index in [9.17, 15) is 9.18 Å². The van der Waals surface area contributed by atoms with Crippen LogP contribution in [0.5, 0.6) is 5.75 Å². The molecule has 0 aliphatic heterocycles. The minimum atomic E-state index is -0.629. The molecular weight excluding hydrogens is 158 g/mol. The van der Waals surface area contributed by atoms with Gasteiger partial charge in [-0.1, -0.05) is 11.5 Å². The highest BCUT2D eigenvalue weighted by atomic mass is 19.1. The summed E-state index contributed by atoms with van der Waals surface area (Å²) < 4.78 is 17.6. The van der Waals surface area contributed by atoms with Crippen molar-refractivity contribution in [3.63, 3.8) is 0 Å². The molecule has 0 saturated heterocycles. The van der Waals surface area contributed by atoms with Crippen molar-refractivity contribution in [2.45, 2.75) is 0 Å². The molecule has 0 unspecified atom stereocenters. The van der Waals surface area contributed by atoms with E-state index in [0.717, 1.165) is 6.07 Å². The fourth-order valence-corrected chi connectivity index (χ4v) is 0.930. The molecule has 1 aromatic carbocycles. The van der Waals surface area contributed by atoms with E-state index < -0.39 is 5.82 Å². The van der Waals surface area contributed by atoms with Gasteiger partial charge in [-0.25, -0.2) is 4.39 Å². The maximum Gasteiger partial charge on any atom is 0.156 e. The molecular formula is C8H6BFO2. The highest BCUT2D eigenvalue weighted by Crippen LogP contribution is 2.15. The van der Waals surface area contributed by atoms with Crippen LogP contribution in [0, 0.1) is 5.82 Å². The van der Waals surface area contributed by atoms with Gasteiger partial charge in [0.2, 0.25) is 0 Å². The summed E-state index contributed by atoms with van der Waals surface area (Å²) in [6.07, 6.45) is 0.379. The number of carbonyl (C=O) groups excluding carboxylic acids is 1. The first kappa shape index (κ1) is 8.78. The fraction of sp³-hybridized carbons (Fsp3) is 0.125. The highest BCUT2D eigenvalue weighted by Gasteiger charge is 2.09. The van der Waals surface area contributed by atoms with Gasteiger partial charge >= 0.3 is 0 Å². The van der Waals surface area contributed by atoms with Crippen LogP contribution in [0.15, 0.2) is 12.1 Å². The third kappa shape index (κ3) is 1.32. The number of carbonyl (C=O) groups is 1. The second-order valence-electron chi connectivity index (χ2n) is 2.20. The van der Waals surface area contributed by atoms with Gasteiger partial charge in [-0.05, 0) is 6.07 Å². The zero-order valence-electron chi connectivity index (χ0n) is 6.50. The molecule has 0 N–H and O–H groups in total. The summed E-state index contributed by atoms with van der Waals surface area (Å²) in [6, 6.07) is 2.47. The van der Waals surface area contributed by atoms with E-state index in [0.29, 0.717) is 6.29 Å². The summed E-state index contributed by atoms with van der Waals surface area (Å²) in [4.78, 5) is 10.4. The van der Waals surface area contributed by atoms with Gasteiger partial charge in [-0.15, -0.1) is 0 Å². The van der Waals surface area contributed by atoms with Crippen LogP contribution in [0.3, 0.4) is 0 Å². The molecule has 0 saturated carbocycles. The second kappa shape index (κ2) is 3.39. The normalized spacial score (nSPS) is 9.50. The number of halogens is 1. The van der Waals surface area contributed by atoms with Gasteiger partial charge in [-0.3, -0.25) is 4.79 Å². The van der Waals surface area contributed by atoms with Crippen LogP contribution in [0.1, 0.15) is 10.4 Å². The summed E-state index contributed by atoms with van der Waals surface area (Å²) in [6.45, 7) is 0. The average Bonchev–Trinajstić information content (AvgIpc) is 2.08. The second-order valence-corrected chi connectivity index (χ2v) is 2.20. The number of hydrogen-bond acceptors (Lipinski definition) is 2. The Balaban J connectivity index is 3.38. The molecule has 0 heterocycles. The largest absolute Gasteiger partial charge is 0.497 e. The van der Waals surface area contributed by atoms with Crippen molar-refractivity contribution in [2.24, 2.45) is 0 Å². The van der Waals surface area contributed by atoms with Crippen LogP contribution in [0.25, 0.3) is 0 Å². The number of benzene rings is 1. The summed E-state index contributed by atoms with van der Waals surface area (Å²) >= 11 is 0. The zero-order chi connectivity index (χ0) is 9.14. The van der Waals surface area contributed by atoms with Crippen LogP contribution in [-0.4, -0.2) is 21.2 Å². The van der Waals surface area contributed by atoms with Gasteiger partial charge in [0.25, 0.3) is 0 Å². The lowest BCUT2D eigenvalue weighted by Gasteiger charge is -2.07. The molecule has 0 spiro atoms. The standard InChI is InChI=1S/C8H6BFO2/c1-12-8-5(4-11)7(10)3-2-6(8)9/h2-4H,1H3. The van der Waals surface area contributed by atoms with E-state index in [1.165, 1.54) is 13.2 Å². The van der Waals surface area contributed by atoms with Crippen molar-refractivity contribution in [3.05, 3.63) is 23.5 Å². The smallest absolute Gasteiger partial charge is 0.156 e. The molecule has 0 atom stereocenters. The predicted octanol–water partition coefficient (Wildman–Crippen LogP) is 0.441. The Morgan fingerprint density at radius 2 is 2.25 bits per heavy atom. The van der Waals surface area contributed by atoms with Crippen LogP contribution >= 0.6 is 0 Å². The summed E-state index contributed by atoms with van der Waals surface area (Å²) in [5.41, 5.74) is 0.110. The minimum absolute atomic E-state index is 0.0880. The molecule has 2 radical (unpaired) electrons. The third-order valence-corrected chi connectivity index (χ3v) is 1.50. The topological polar surface area (TPSA) is 26.3 Å². The number of hydrogen-bond donors (Lipinski definition) is 0. The van der Waals surface area contributed by atoms with E-state index in [1.807, 2.05) is 0 Å². The molecule has 0 amide bonds. The minimum Gasteiger partial charge on any atom is -0.497 e. The van der Waals surface area contributed by atoms with E-state index in [1.54, 1.807) is 0 Å². The Hall–Kier alpha value is -1.32. The molecule has 0 bridgehead atoms. The van der Waals surface area contributed by atoms with E-state index in [2.05, 4.69) is 0 Å². The first-order chi connectivity index (χ1) is 5.70. The van der Waals surface area contributed by atoms with Crippen molar-refractivity contribution >= 4 is 19.6 Å². The number of ether oxygens (including phenoxy) is 1. The Morgan fingerprint density at radius 1 is 1.58 bits per heavy atom. The molecule has 1 rings (SSSR count). The first-order valence-corrected chi connectivity index (χ1v) is 3.28. The van der Waals surface area contributed by atoms with Crippen LogP contribution in [0.2, 0.25) is 0 Å². The summed E-state index contributed by atoms with van der Waals surface area (Å²) in [7, 11) is 6.76. The Morgan fingerprint density at radius 3 is 2.67 bits per heavy atom. The first-order valence-electron chi connectivity index (χ1n) is 3.28. The molecule has 60 valence electrons. The van der Waals surface area contributed by atoms with Crippen molar-refractivity contribution in [1.29, 1.82) is 0 Å². The molecule has 2 nitrogen and oxygen atoms in total. The van der Waals surface area contributed by atoms with Crippen LogP contribution < -0.4 is 10.2 Å². The van der Waals surface area contributed by atoms with Gasteiger partial charge in [-0.2, -0.15) is 0 Å². The molecule has 0 aliphatic rings. The maximum atomic E-state index is 12.9. The number of rotatable bonds is 2. The average molecular weight is 164 g/mol. The quantitative estimate of drug-likeness (QED) is 0.468. The summed E-state index contributed by atoms with van der Waals surface area (Å²) in [5.74, 6) is -0.541. The SMILES string of the molecule is [B]c1ccc(F)c(C=O)c1OC. The highest BCUT2D eigenvalue weighted by molar-refractivity contribution is 6.34. The van der Waals surface area contributed by atoms with Gasteiger partial charge in [0, 0.05) is 0 Å². The number of aldehydes is 1. The predicted molar refractivity (Wildman–Crippen MR) is 43.7 cm³/mol. The van der Waals surface area contributed by atoms with Crippen LogP contribution in [-0.2, 0) is 0 Å².